The molecule has 0 saturated carbocycles. The number of hydrogen-bond acceptors (Lipinski definition) is 12. The summed E-state index contributed by atoms with van der Waals surface area (Å²) in [4.78, 5) is 60.3. The molecule has 0 aromatic heterocycles. The molecule has 3 aromatic rings. The summed E-state index contributed by atoms with van der Waals surface area (Å²) < 4.78 is 37.3. The van der Waals surface area contributed by atoms with Crippen LogP contribution in [0.25, 0.3) is 0 Å². The van der Waals surface area contributed by atoms with E-state index in [9.17, 15) is 24.0 Å². The number of carbonyl (C=O) groups is 5. The predicted molar refractivity (Wildman–Crippen MR) is 183 cm³/mol. The molecular formula is C39H36O12. The topological polar surface area (TPSA) is 150 Å². The van der Waals surface area contributed by atoms with E-state index in [1.807, 2.05) is 0 Å². The van der Waals surface area contributed by atoms with Crippen LogP contribution in [-0.4, -0.2) is 56.3 Å². The van der Waals surface area contributed by atoms with Crippen molar-refractivity contribution in [2.45, 2.75) is 26.2 Å². The van der Waals surface area contributed by atoms with Crippen LogP contribution in [-0.2, 0) is 28.5 Å². The Hall–Kier alpha value is -6.43. The minimum Gasteiger partial charge on any atom is -0.493 e. The van der Waals surface area contributed by atoms with Crippen LogP contribution in [0.5, 0.6) is 17.2 Å². The van der Waals surface area contributed by atoms with Crippen molar-refractivity contribution < 1.29 is 57.1 Å². The number of hydrogen-bond donors (Lipinski definition) is 0. The lowest BCUT2D eigenvalue weighted by molar-refractivity contribution is -0.140. The molecular weight excluding hydrogens is 660 g/mol. The average Bonchev–Trinajstić information content (AvgIpc) is 3.14. The van der Waals surface area contributed by atoms with Gasteiger partial charge in [0.25, 0.3) is 0 Å². The molecule has 12 heteroatoms. The van der Waals surface area contributed by atoms with Gasteiger partial charge in [-0.1, -0.05) is 13.2 Å². The number of allylic oxidation sites excluding steroid dienone is 4. The molecule has 0 radical (unpaired) electrons. The Morgan fingerprint density at radius 2 is 1.04 bits per heavy atom. The van der Waals surface area contributed by atoms with E-state index in [0.29, 0.717) is 60.0 Å². The van der Waals surface area contributed by atoms with Gasteiger partial charge >= 0.3 is 29.8 Å². The maximum absolute atomic E-state index is 12.7. The van der Waals surface area contributed by atoms with Gasteiger partial charge in [-0.3, -0.25) is 0 Å². The van der Waals surface area contributed by atoms with Gasteiger partial charge in [-0.25, -0.2) is 24.0 Å². The third-order valence-corrected chi connectivity index (χ3v) is 6.90. The maximum Gasteiger partial charge on any atom is 0.343 e. The number of esters is 5. The normalized spacial score (nSPS) is 11.9. The Balaban J connectivity index is 1.18. The van der Waals surface area contributed by atoms with Crippen LogP contribution >= 0.6 is 0 Å². The molecule has 0 heterocycles. The summed E-state index contributed by atoms with van der Waals surface area (Å²) in [5, 5.41) is 0. The molecule has 0 bridgehead atoms. The molecule has 0 spiro atoms. The van der Waals surface area contributed by atoms with E-state index in [-0.39, 0.29) is 36.7 Å². The second-order valence-electron chi connectivity index (χ2n) is 10.8. The fourth-order valence-electron chi connectivity index (χ4n) is 4.22. The molecule has 4 rings (SSSR count). The SMILES string of the molecule is C=CC(=O)OCCCOc1ccc(C(=O)OC2=CC=C(OC(=O)c3ccc(OC(=O)c4ccc(OCCOC(=O)C(=C)C)cc4)cc3)CC2)cc1. The number of ether oxygens (including phenoxy) is 7. The molecule has 0 amide bonds. The lowest BCUT2D eigenvalue weighted by atomic mass is 10.1. The first-order valence-corrected chi connectivity index (χ1v) is 15.8. The second kappa shape index (κ2) is 18.9. The molecule has 0 atom stereocenters. The first-order chi connectivity index (χ1) is 24.6. The molecule has 1 aliphatic carbocycles. The van der Waals surface area contributed by atoms with Crippen LogP contribution in [0.15, 0.2) is 121 Å². The zero-order chi connectivity index (χ0) is 36.6. The van der Waals surface area contributed by atoms with Crippen molar-refractivity contribution >= 4 is 29.8 Å². The van der Waals surface area contributed by atoms with E-state index in [0.717, 1.165) is 6.08 Å². The van der Waals surface area contributed by atoms with E-state index < -0.39 is 29.8 Å². The number of benzene rings is 3. The van der Waals surface area contributed by atoms with Crippen molar-refractivity contribution in [3.63, 3.8) is 0 Å². The van der Waals surface area contributed by atoms with Gasteiger partial charge in [0.05, 0.1) is 29.9 Å². The van der Waals surface area contributed by atoms with Gasteiger partial charge in [0, 0.05) is 30.9 Å². The Bertz CT molecular complexity index is 1800. The van der Waals surface area contributed by atoms with E-state index in [2.05, 4.69) is 13.2 Å². The first kappa shape index (κ1) is 37.4. The largest absolute Gasteiger partial charge is 0.493 e. The van der Waals surface area contributed by atoms with E-state index in [1.54, 1.807) is 55.5 Å². The van der Waals surface area contributed by atoms with Crippen LogP contribution < -0.4 is 14.2 Å². The van der Waals surface area contributed by atoms with E-state index >= 15 is 0 Å². The minimum atomic E-state index is -0.605. The lowest BCUT2D eigenvalue weighted by Crippen LogP contribution is -2.12. The third-order valence-electron chi connectivity index (χ3n) is 6.90. The van der Waals surface area contributed by atoms with Crippen LogP contribution in [0.4, 0.5) is 0 Å². The lowest BCUT2D eigenvalue weighted by Gasteiger charge is -2.15. The second-order valence-corrected chi connectivity index (χ2v) is 10.8. The standard InChI is InChI=1S/C39H36O12/c1-4-35(40)47-23-5-22-45-30-12-6-27(7-13-30)38(43)50-33-18-20-34(21-19-33)51-39(44)29-10-16-32(17-11-29)49-37(42)28-8-14-31(15-9-28)46-24-25-48-36(41)26(2)3/h4,6-18,20H,1-2,5,19,21-25H2,3H3. The Morgan fingerprint density at radius 3 is 1.49 bits per heavy atom. The van der Waals surface area contributed by atoms with Crippen molar-refractivity contribution in [3.05, 3.63) is 138 Å². The summed E-state index contributed by atoms with van der Waals surface area (Å²) in [5.41, 5.74) is 1.16. The van der Waals surface area contributed by atoms with Gasteiger partial charge in [-0.05, 0) is 91.9 Å². The highest BCUT2D eigenvalue weighted by Gasteiger charge is 2.18. The van der Waals surface area contributed by atoms with Gasteiger partial charge in [-0.15, -0.1) is 0 Å². The number of rotatable bonds is 17. The van der Waals surface area contributed by atoms with Crippen molar-refractivity contribution in [1.82, 2.24) is 0 Å². The van der Waals surface area contributed by atoms with Gasteiger partial charge in [0.2, 0.25) is 0 Å². The molecule has 51 heavy (non-hydrogen) atoms. The summed E-state index contributed by atoms with van der Waals surface area (Å²) in [6.45, 7) is 9.12. The van der Waals surface area contributed by atoms with Crippen LogP contribution in [0.3, 0.4) is 0 Å². The van der Waals surface area contributed by atoms with Gasteiger partial charge in [0.15, 0.2) is 0 Å². The van der Waals surface area contributed by atoms with Crippen LogP contribution in [0.2, 0.25) is 0 Å². The van der Waals surface area contributed by atoms with E-state index in [1.165, 1.54) is 36.4 Å². The molecule has 0 fully saturated rings. The van der Waals surface area contributed by atoms with Crippen molar-refractivity contribution in [1.29, 1.82) is 0 Å². The molecule has 0 aliphatic heterocycles. The van der Waals surface area contributed by atoms with Crippen LogP contribution in [0, 0.1) is 0 Å². The van der Waals surface area contributed by atoms with Crippen LogP contribution in [0.1, 0.15) is 57.3 Å². The predicted octanol–water partition coefficient (Wildman–Crippen LogP) is 6.48. The Kier molecular flexibility index (Phi) is 13.9. The molecule has 12 nitrogen and oxygen atoms in total. The minimum absolute atomic E-state index is 0.0583. The quantitative estimate of drug-likeness (QED) is 0.0500. The molecule has 0 N–H and O–H groups in total. The average molecular weight is 697 g/mol. The summed E-state index contributed by atoms with van der Waals surface area (Å²) in [6.07, 6.45) is 5.42. The third kappa shape index (κ3) is 12.2. The summed E-state index contributed by atoms with van der Waals surface area (Å²) in [7, 11) is 0. The zero-order valence-corrected chi connectivity index (χ0v) is 27.9. The first-order valence-electron chi connectivity index (χ1n) is 15.8. The summed E-state index contributed by atoms with van der Waals surface area (Å²) in [5.74, 6) is -0.647. The smallest absolute Gasteiger partial charge is 0.343 e. The number of carbonyl (C=O) groups excluding carboxylic acids is 5. The van der Waals surface area contributed by atoms with Crippen molar-refractivity contribution in [2.75, 3.05) is 26.4 Å². The molecule has 1 aliphatic rings. The van der Waals surface area contributed by atoms with Gasteiger partial charge < -0.3 is 33.2 Å². The fourth-order valence-corrected chi connectivity index (χ4v) is 4.22. The highest BCUT2D eigenvalue weighted by atomic mass is 16.6. The zero-order valence-electron chi connectivity index (χ0n) is 27.9. The Labute approximate surface area is 294 Å². The van der Waals surface area contributed by atoms with E-state index in [4.69, 9.17) is 33.2 Å². The van der Waals surface area contributed by atoms with Crippen molar-refractivity contribution in [3.8, 4) is 17.2 Å². The molecule has 0 unspecified atom stereocenters. The van der Waals surface area contributed by atoms with Crippen molar-refractivity contribution in [2.24, 2.45) is 0 Å². The molecule has 3 aromatic carbocycles. The Morgan fingerprint density at radius 1 is 0.588 bits per heavy atom. The molecule has 0 saturated heterocycles. The van der Waals surface area contributed by atoms with Gasteiger partial charge in [-0.2, -0.15) is 0 Å². The highest BCUT2D eigenvalue weighted by Crippen LogP contribution is 2.24. The monoisotopic (exact) mass is 696 g/mol. The highest BCUT2D eigenvalue weighted by molar-refractivity contribution is 5.92. The maximum atomic E-state index is 12.7. The van der Waals surface area contributed by atoms with Gasteiger partial charge in [0.1, 0.15) is 42.0 Å². The summed E-state index contributed by atoms with van der Waals surface area (Å²) in [6, 6.07) is 18.6. The summed E-state index contributed by atoms with van der Waals surface area (Å²) >= 11 is 0. The molecule has 264 valence electrons. The fraction of sp³-hybridized carbons (Fsp3) is 0.205.